The Labute approximate surface area is 119 Å². The van der Waals surface area contributed by atoms with Crippen molar-refractivity contribution in [3.05, 3.63) is 29.3 Å². The van der Waals surface area contributed by atoms with Crippen LogP contribution in [0.4, 0.5) is 0 Å². The average Bonchev–Trinajstić information content (AvgIpc) is 3.05. The van der Waals surface area contributed by atoms with E-state index < -0.39 is 0 Å². The van der Waals surface area contributed by atoms with Gasteiger partial charge in [-0.3, -0.25) is 4.79 Å². The summed E-state index contributed by atoms with van der Waals surface area (Å²) in [5.41, 5.74) is 8.50. The van der Waals surface area contributed by atoms with E-state index >= 15 is 0 Å². The van der Waals surface area contributed by atoms with Gasteiger partial charge in [0.2, 0.25) is 5.91 Å². The number of amides is 1. The number of carbonyl (C=O) groups excluding carboxylic acids is 1. The van der Waals surface area contributed by atoms with Gasteiger partial charge >= 0.3 is 0 Å². The molecule has 1 heterocycles. The Morgan fingerprint density at radius 2 is 2.15 bits per heavy atom. The Kier molecular flexibility index (Phi) is 3.92. The lowest BCUT2D eigenvalue weighted by molar-refractivity contribution is -0.128. The molecule has 4 nitrogen and oxygen atoms in total. The molecule has 1 aromatic rings. The van der Waals surface area contributed by atoms with Crippen molar-refractivity contribution in [2.24, 2.45) is 11.7 Å². The summed E-state index contributed by atoms with van der Waals surface area (Å²) in [5, 5.41) is 0. The normalized spacial score (nSPS) is 21.4. The largest absolute Gasteiger partial charge is 0.492 e. The van der Waals surface area contributed by atoms with Crippen molar-refractivity contribution in [1.29, 1.82) is 0 Å². The molecular formula is C16H22N2O2. The Morgan fingerprint density at radius 3 is 2.95 bits per heavy atom. The molecule has 0 spiro atoms. The molecule has 3 rings (SSSR count). The maximum Gasteiger partial charge on any atom is 0.223 e. The number of carbonyl (C=O) groups is 1. The van der Waals surface area contributed by atoms with Gasteiger partial charge in [0.25, 0.3) is 0 Å². The van der Waals surface area contributed by atoms with Gasteiger partial charge in [0.15, 0.2) is 0 Å². The molecule has 0 radical (unpaired) electrons. The van der Waals surface area contributed by atoms with Crippen LogP contribution in [0, 0.1) is 5.92 Å². The van der Waals surface area contributed by atoms with Gasteiger partial charge in [-0.25, -0.2) is 0 Å². The number of benzene rings is 1. The first-order valence-electron chi connectivity index (χ1n) is 7.48. The molecule has 20 heavy (non-hydrogen) atoms. The van der Waals surface area contributed by atoms with E-state index in [4.69, 9.17) is 10.5 Å². The summed E-state index contributed by atoms with van der Waals surface area (Å²) in [4.78, 5) is 13.6. The molecule has 0 aromatic heterocycles. The number of aryl methyl sites for hydroxylation is 2. The summed E-state index contributed by atoms with van der Waals surface area (Å²) in [6, 6.07) is 6.36. The van der Waals surface area contributed by atoms with Crippen molar-refractivity contribution < 1.29 is 9.53 Å². The highest BCUT2D eigenvalue weighted by molar-refractivity contribution is 5.78. The number of fused-ring (bicyclic) bond motifs is 1. The zero-order valence-corrected chi connectivity index (χ0v) is 11.8. The topological polar surface area (TPSA) is 55.6 Å². The Bertz CT molecular complexity index is 501. The molecule has 1 fully saturated rings. The standard InChI is InChI=1S/C16H22N2O2/c17-10-12-8-16(19)18(11-12)6-7-20-15-5-4-13-2-1-3-14(13)9-15/h4-5,9,12H,1-3,6-8,10-11,17H2. The third-order valence-corrected chi connectivity index (χ3v) is 4.33. The summed E-state index contributed by atoms with van der Waals surface area (Å²) in [6.45, 7) is 2.59. The Balaban J connectivity index is 1.49. The van der Waals surface area contributed by atoms with Gasteiger partial charge in [0.05, 0.1) is 6.54 Å². The lowest BCUT2D eigenvalue weighted by Crippen LogP contribution is -2.30. The Hall–Kier alpha value is -1.55. The second-order valence-electron chi connectivity index (χ2n) is 5.78. The molecule has 1 unspecified atom stereocenters. The fraction of sp³-hybridized carbons (Fsp3) is 0.562. The van der Waals surface area contributed by atoms with Crippen LogP contribution in [0.15, 0.2) is 18.2 Å². The highest BCUT2D eigenvalue weighted by Crippen LogP contribution is 2.26. The maximum absolute atomic E-state index is 11.8. The Morgan fingerprint density at radius 1 is 1.30 bits per heavy atom. The number of nitrogens with two attached hydrogens (primary N) is 1. The predicted octanol–water partition coefficient (Wildman–Crippen LogP) is 1.36. The number of hydrogen-bond donors (Lipinski definition) is 1. The molecular weight excluding hydrogens is 252 g/mol. The summed E-state index contributed by atoms with van der Waals surface area (Å²) in [7, 11) is 0. The number of likely N-dealkylation sites (tertiary alicyclic amines) is 1. The van der Waals surface area contributed by atoms with Gasteiger partial charge in [-0.1, -0.05) is 6.07 Å². The van der Waals surface area contributed by atoms with Gasteiger partial charge in [0, 0.05) is 13.0 Å². The quantitative estimate of drug-likeness (QED) is 0.882. The van der Waals surface area contributed by atoms with Crippen LogP contribution >= 0.6 is 0 Å². The van der Waals surface area contributed by atoms with E-state index in [0.717, 1.165) is 18.7 Å². The van der Waals surface area contributed by atoms with Crippen molar-refractivity contribution in [1.82, 2.24) is 4.90 Å². The van der Waals surface area contributed by atoms with E-state index in [2.05, 4.69) is 12.1 Å². The molecule has 1 aromatic carbocycles. The molecule has 4 heteroatoms. The number of nitrogens with zero attached hydrogens (tertiary/aromatic N) is 1. The number of ether oxygens (including phenoxy) is 1. The molecule has 1 saturated heterocycles. The molecule has 1 aliphatic heterocycles. The third kappa shape index (κ3) is 2.80. The van der Waals surface area contributed by atoms with Gasteiger partial charge in [0.1, 0.15) is 12.4 Å². The average molecular weight is 274 g/mol. The summed E-state index contributed by atoms with van der Waals surface area (Å²) < 4.78 is 5.79. The molecule has 2 N–H and O–H groups in total. The fourth-order valence-corrected chi connectivity index (χ4v) is 3.14. The van der Waals surface area contributed by atoms with E-state index in [0.29, 0.717) is 32.0 Å². The van der Waals surface area contributed by atoms with Crippen LogP contribution in [0.1, 0.15) is 24.0 Å². The van der Waals surface area contributed by atoms with E-state index in [1.165, 1.54) is 24.0 Å². The van der Waals surface area contributed by atoms with Gasteiger partial charge in [-0.15, -0.1) is 0 Å². The van der Waals surface area contributed by atoms with Crippen LogP contribution in [0.5, 0.6) is 5.75 Å². The van der Waals surface area contributed by atoms with Gasteiger partial charge < -0.3 is 15.4 Å². The predicted molar refractivity (Wildman–Crippen MR) is 77.7 cm³/mol. The summed E-state index contributed by atoms with van der Waals surface area (Å²) >= 11 is 0. The second kappa shape index (κ2) is 5.83. The number of rotatable bonds is 5. The second-order valence-corrected chi connectivity index (χ2v) is 5.78. The van der Waals surface area contributed by atoms with E-state index in [1.54, 1.807) is 0 Å². The monoisotopic (exact) mass is 274 g/mol. The minimum Gasteiger partial charge on any atom is -0.492 e. The van der Waals surface area contributed by atoms with Crippen LogP contribution in [0.2, 0.25) is 0 Å². The minimum absolute atomic E-state index is 0.206. The van der Waals surface area contributed by atoms with Crippen LogP contribution in [0.25, 0.3) is 0 Å². The zero-order valence-electron chi connectivity index (χ0n) is 11.8. The smallest absolute Gasteiger partial charge is 0.223 e. The van der Waals surface area contributed by atoms with E-state index in [9.17, 15) is 4.79 Å². The van der Waals surface area contributed by atoms with Crippen LogP contribution < -0.4 is 10.5 Å². The molecule has 0 bridgehead atoms. The van der Waals surface area contributed by atoms with Gasteiger partial charge in [-0.2, -0.15) is 0 Å². The lowest BCUT2D eigenvalue weighted by atomic mass is 10.1. The lowest BCUT2D eigenvalue weighted by Gasteiger charge is -2.17. The van der Waals surface area contributed by atoms with Crippen molar-refractivity contribution in [3.8, 4) is 5.75 Å². The maximum atomic E-state index is 11.8. The highest BCUT2D eigenvalue weighted by Gasteiger charge is 2.28. The van der Waals surface area contributed by atoms with E-state index in [1.807, 2.05) is 11.0 Å². The number of hydrogen-bond acceptors (Lipinski definition) is 3. The first-order chi connectivity index (χ1) is 9.76. The third-order valence-electron chi connectivity index (χ3n) is 4.33. The first-order valence-corrected chi connectivity index (χ1v) is 7.48. The molecule has 0 saturated carbocycles. The minimum atomic E-state index is 0.206. The molecule has 1 atom stereocenters. The molecule has 108 valence electrons. The summed E-state index contributed by atoms with van der Waals surface area (Å²) in [6.07, 6.45) is 4.20. The van der Waals surface area contributed by atoms with Crippen LogP contribution in [0.3, 0.4) is 0 Å². The first kappa shape index (κ1) is 13.4. The zero-order chi connectivity index (χ0) is 13.9. The SMILES string of the molecule is NCC1CC(=O)N(CCOc2ccc3c(c2)CCC3)C1. The van der Waals surface area contributed by atoms with Gasteiger partial charge in [-0.05, 0) is 55.0 Å². The van der Waals surface area contributed by atoms with Crippen LogP contribution in [-0.4, -0.2) is 37.0 Å². The molecule has 1 amide bonds. The molecule has 1 aliphatic carbocycles. The molecule has 2 aliphatic rings. The van der Waals surface area contributed by atoms with E-state index in [-0.39, 0.29) is 5.91 Å². The van der Waals surface area contributed by atoms with Crippen molar-refractivity contribution >= 4 is 5.91 Å². The van der Waals surface area contributed by atoms with Crippen molar-refractivity contribution in [2.75, 3.05) is 26.2 Å². The van der Waals surface area contributed by atoms with Crippen molar-refractivity contribution in [3.63, 3.8) is 0 Å². The summed E-state index contributed by atoms with van der Waals surface area (Å²) in [5.74, 6) is 1.45. The van der Waals surface area contributed by atoms with Crippen molar-refractivity contribution in [2.45, 2.75) is 25.7 Å². The highest BCUT2D eigenvalue weighted by atomic mass is 16.5. The van der Waals surface area contributed by atoms with Crippen LogP contribution in [-0.2, 0) is 17.6 Å². The fourth-order valence-electron chi connectivity index (χ4n) is 3.14.